The summed E-state index contributed by atoms with van der Waals surface area (Å²) in [6.07, 6.45) is 5.84. The Balaban J connectivity index is 1.59. The summed E-state index contributed by atoms with van der Waals surface area (Å²) in [5.41, 5.74) is 1.51. The Kier molecular flexibility index (Phi) is 3.29. The van der Waals surface area contributed by atoms with Gasteiger partial charge in [-0.05, 0) is 67.7 Å². The lowest BCUT2D eigenvalue weighted by Crippen LogP contribution is -2.20. The molecule has 1 N–H and O–H groups in total. The van der Waals surface area contributed by atoms with E-state index in [-0.39, 0.29) is 11.7 Å². The SMILES string of the molecule is Cc1cc(F)ccc1NC(=O)C[C@@H]1C[C@@H]2CC[C@@H]1C2. The smallest absolute Gasteiger partial charge is 0.224 e. The maximum absolute atomic E-state index is 13.0. The van der Waals surface area contributed by atoms with Crippen LogP contribution in [0.4, 0.5) is 10.1 Å². The standard InChI is InChI=1S/C16H20FNO/c1-10-6-14(17)4-5-15(10)18-16(19)9-13-8-11-2-3-12(13)7-11/h4-6,11-13H,2-3,7-9H2,1H3,(H,18,19)/t11-,12-,13+/m1/s1. The zero-order valence-corrected chi connectivity index (χ0v) is 11.3. The lowest BCUT2D eigenvalue weighted by molar-refractivity contribution is -0.117. The Hall–Kier alpha value is -1.38. The number of hydrogen-bond acceptors (Lipinski definition) is 1. The molecule has 2 bridgehead atoms. The van der Waals surface area contributed by atoms with Gasteiger partial charge in [0.15, 0.2) is 0 Å². The van der Waals surface area contributed by atoms with Gasteiger partial charge < -0.3 is 5.32 Å². The summed E-state index contributed by atoms with van der Waals surface area (Å²) in [7, 11) is 0. The Labute approximate surface area is 113 Å². The summed E-state index contributed by atoms with van der Waals surface area (Å²) in [5, 5.41) is 2.92. The summed E-state index contributed by atoms with van der Waals surface area (Å²) in [6.45, 7) is 1.82. The predicted molar refractivity (Wildman–Crippen MR) is 73.3 cm³/mol. The molecule has 3 rings (SSSR count). The second-order valence-electron chi connectivity index (χ2n) is 6.15. The van der Waals surface area contributed by atoms with Crippen molar-refractivity contribution in [2.75, 3.05) is 5.32 Å². The highest BCUT2D eigenvalue weighted by atomic mass is 19.1. The number of fused-ring (bicyclic) bond motifs is 2. The predicted octanol–water partition coefficient (Wildman–Crippen LogP) is 3.90. The molecule has 2 fully saturated rings. The number of anilines is 1. The first-order valence-corrected chi connectivity index (χ1v) is 7.18. The maximum Gasteiger partial charge on any atom is 0.224 e. The molecule has 0 radical (unpaired) electrons. The van der Waals surface area contributed by atoms with Gasteiger partial charge in [-0.2, -0.15) is 0 Å². The lowest BCUT2D eigenvalue weighted by atomic mass is 9.86. The Bertz CT molecular complexity index is 500. The van der Waals surface area contributed by atoms with Crippen LogP contribution >= 0.6 is 0 Å². The molecule has 1 aromatic carbocycles. The molecule has 0 aliphatic heterocycles. The second-order valence-corrected chi connectivity index (χ2v) is 6.15. The van der Waals surface area contributed by atoms with Crippen LogP contribution in [0.15, 0.2) is 18.2 Å². The van der Waals surface area contributed by atoms with Crippen LogP contribution in [0.1, 0.15) is 37.7 Å². The Morgan fingerprint density at radius 2 is 2.21 bits per heavy atom. The number of nitrogens with one attached hydrogen (secondary N) is 1. The zero-order valence-electron chi connectivity index (χ0n) is 11.3. The molecule has 19 heavy (non-hydrogen) atoms. The fourth-order valence-electron chi connectivity index (χ4n) is 3.83. The highest BCUT2D eigenvalue weighted by Crippen LogP contribution is 2.49. The third kappa shape index (κ3) is 2.65. The van der Waals surface area contributed by atoms with E-state index in [1.54, 1.807) is 6.07 Å². The summed E-state index contributed by atoms with van der Waals surface area (Å²) in [5.74, 6) is 2.02. The van der Waals surface area contributed by atoms with Crippen LogP contribution in [-0.4, -0.2) is 5.91 Å². The largest absolute Gasteiger partial charge is 0.326 e. The number of carbonyl (C=O) groups excluding carboxylic acids is 1. The number of halogens is 1. The molecule has 0 saturated heterocycles. The molecule has 2 aliphatic rings. The third-order valence-corrected chi connectivity index (χ3v) is 4.79. The van der Waals surface area contributed by atoms with Gasteiger partial charge in [0.2, 0.25) is 5.91 Å². The Morgan fingerprint density at radius 1 is 1.37 bits per heavy atom. The molecule has 1 amide bonds. The molecular weight excluding hydrogens is 241 g/mol. The van der Waals surface area contributed by atoms with Crippen molar-refractivity contribution in [3.63, 3.8) is 0 Å². The third-order valence-electron chi connectivity index (χ3n) is 4.79. The van der Waals surface area contributed by atoms with E-state index < -0.39 is 0 Å². The van der Waals surface area contributed by atoms with Crippen LogP contribution in [0.2, 0.25) is 0 Å². The van der Waals surface area contributed by atoms with Gasteiger partial charge in [-0.3, -0.25) is 4.79 Å². The first-order valence-electron chi connectivity index (χ1n) is 7.18. The monoisotopic (exact) mass is 261 g/mol. The van der Waals surface area contributed by atoms with Gasteiger partial charge in [0.1, 0.15) is 5.82 Å². The molecule has 0 spiro atoms. The number of rotatable bonds is 3. The summed E-state index contributed by atoms with van der Waals surface area (Å²) in [4.78, 5) is 12.1. The Morgan fingerprint density at radius 3 is 2.84 bits per heavy atom. The van der Waals surface area contributed by atoms with Crippen molar-refractivity contribution in [1.29, 1.82) is 0 Å². The summed E-state index contributed by atoms with van der Waals surface area (Å²) in [6, 6.07) is 4.48. The second kappa shape index (κ2) is 4.95. The maximum atomic E-state index is 13.0. The van der Waals surface area contributed by atoms with Crippen molar-refractivity contribution < 1.29 is 9.18 Å². The van der Waals surface area contributed by atoms with E-state index >= 15 is 0 Å². The van der Waals surface area contributed by atoms with E-state index in [0.717, 1.165) is 23.1 Å². The topological polar surface area (TPSA) is 29.1 Å². The van der Waals surface area contributed by atoms with Crippen LogP contribution in [-0.2, 0) is 4.79 Å². The van der Waals surface area contributed by atoms with E-state index in [2.05, 4.69) is 5.32 Å². The van der Waals surface area contributed by atoms with Gasteiger partial charge in [-0.25, -0.2) is 4.39 Å². The molecular formula is C16H20FNO. The van der Waals surface area contributed by atoms with Crippen LogP contribution < -0.4 is 5.32 Å². The molecule has 0 aromatic heterocycles. The van der Waals surface area contributed by atoms with Crippen molar-refractivity contribution in [3.05, 3.63) is 29.6 Å². The van der Waals surface area contributed by atoms with E-state index in [1.807, 2.05) is 6.92 Å². The van der Waals surface area contributed by atoms with E-state index in [9.17, 15) is 9.18 Å². The van der Waals surface area contributed by atoms with Crippen molar-refractivity contribution in [1.82, 2.24) is 0 Å². The van der Waals surface area contributed by atoms with Gasteiger partial charge in [0.05, 0.1) is 0 Å². The van der Waals surface area contributed by atoms with E-state index in [4.69, 9.17) is 0 Å². The van der Waals surface area contributed by atoms with Gasteiger partial charge >= 0.3 is 0 Å². The van der Waals surface area contributed by atoms with Crippen molar-refractivity contribution in [3.8, 4) is 0 Å². The van der Waals surface area contributed by atoms with Crippen molar-refractivity contribution in [2.24, 2.45) is 17.8 Å². The minimum atomic E-state index is -0.261. The molecule has 102 valence electrons. The fourth-order valence-corrected chi connectivity index (χ4v) is 3.83. The van der Waals surface area contributed by atoms with E-state index in [1.165, 1.54) is 37.8 Å². The number of benzene rings is 1. The number of hydrogen-bond donors (Lipinski definition) is 1. The van der Waals surface area contributed by atoms with Crippen LogP contribution in [0.25, 0.3) is 0 Å². The minimum Gasteiger partial charge on any atom is -0.326 e. The molecule has 3 atom stereocenters. The van der Waals surface area contributed by atoms with Gasteiger partial charge in [-0.1, -0.05) is 6.42 Å². The van der Waals surface area contributed by atoms with Gasteiger partial charge in [-0.15, -0.1) is 0 Å². The molecule has 2 saturated carbocycles. The minimum absolute atomic E-state index is 0.0762. The van der Waals surface area contributed by atoms with Crippen LogP contribution in [0, 0.1) is 30.5 Å². The number of carbonyl (C=O) groups is 1. The summed E-state index contributed by atoms with van der Waals surface area (Å²) < 4.78 is 13.0. The normalized spacial score (nSPS) is 28.6. The van der Waals surface area contributed by atoms with Crippen LogP contribution in [0.3, 0.4) is 0 Å². The fraction of sp³-hybridized carbons (Fsp3) is 0.562. The molecule has 0 heterocycles. The van der Waals surface area contributed by atoms with Crippen molar-refractivity contribution in [2.45, 2.75) is 39.0 Å². The van der Waals surface area contributed by atoms with Gasteiger partial charge in [0, 0.05) is 12.1 Å². The van der Waals surface area contributed by atoms with Gasteiger partial charge in [0.25, 0.3) is 0 Å². The molecule has 2 nitrogen and oxygen atoms in total. The average Bonchev–Trinajstić information content (AvgIpc) is 2.95. The highest BCUT2D eigenvalue weighted by molar-refractivity contribution is 5.91. The average molecular weight is 261 g/mol. The first kappa shape index (κ1) is 12.6. The highest BCUT2D eigenvalue weighted by Gasteiger charge is 2.40. The quantitative estimate of drug-likeness (QED) is 0.878. The first-order chi connectivity index (χ1) is 9.11. The number of aryl methyl sites for hydroxylation is 1. The molecule has 3 heteroatoms. The van der Waals surface area contributed by atoms with E-state index in [0.29, 0.717) is 12.3 Å². The number of amides is 1. The summed E-state index contributed by atoms with van der Waals surface area (Å²) >= 11 is 0. The van der Waals surface area contributed by atoms with Crippen LogP contribution in [0.5, 0.6) is 0 Å². The van der Waals surface area contributed by atoms with Crippen molar-refractivity contribution >= 4 is 11.6 Å². The zero-order chi connectivity index (χ0) is 13.4. The molecule has 2 aliphatic carbocycles. The lowest BCUT2D eigenvalue weighted by Gasteiger charge is -2.21. The molecule has 1 aromatic rings. The molecule has 0 unspecified atom stereocenters.